The van der Waals surface area contributed by atoms with E-state index in [-0.39, 0.29) is 0 Å². The van der Waals surface area contributed by atoms with E-state index in [1.165, 1.54) is 24.8 Å². The molecule has 1 fully saturated rings. The van der Waals surface area contributed by atoms with Crippen LogP contribution in [-0.2, 0) is 4.74 Å². The molecule has 0 radical (unpaired) electrons. The predicted molar refractivity (Wildman–Crippen MR) is 73.0 cm³/mol. The zero-order valence-corrected chi connectivity index (χ0v) is 11.6. The van der Waals surface area contributed by atoms with Crippen LogP contribution in [-0.4, -0.2) is 36.3 Å². The number of nitrogens with zero attached hydrogens (tertiary/aromatic N) is 3. The van der Waals surface area contributed by atoms with Crippen LogP contribution in [0.25, 0.3) is 0 Å². The Balaban J connectivity index is 1.90. The molecule has 1 aromatic rings. The molecule has 0 bridgehead atoms. The Kier molecular flexibility index (Phi) is 4.53. The average molecular weight is 249 g/mol. The molecule has 0 amide bonds. The van der Waals surface area contributed by atoms with Gasteiger partial charge in [-0.15, -0.1) is 0 Å². The zero-order valence-electron chi connectivity index (χ0n) is 11.6. The summed E-state index contributed by atoms with van der Waals surface area (Å²) in [7, 11) is 2.09. The van der Waals surface area contributed by atoms with Gasteiger partial charge < -0.3 is 9.64 Å². The normalized spacial score (nSPS) is 19.8. The second-order valence-corrected chi connectivity index (χ2v) is 5.11. The van der Waals surface area contributed by atoms with Gasteiger partial charge in [-0.25, -0.2) is 9.97 Å². The van der Waals surface area contributed by atoms with Crippen LogP contribution in [0.15, 0.2) is 6.33 Å². The highest BCUT2D eigenvalue weighted by Crippen LogP contribution is 2.19. The molecule has 0 saturated carbocycles. The van der Waals surface area contributed by atoms with Gasteiger partial charge in [0, 0.05) is 31.5 Å². The summed E-state index contributed by atoms with van der Waals surface area (Å²) < 4.78 is 5.76. The number of hydrogen-bond acceptors (Lipinski definition) is 4. The maximum atomic E-state index is 5.76. The fraction of sp³-hybridized carbons (Fsp3) is 0.714. The molecule has 0 aromatic carbocycles. The van der Waals surface area contributed by atoms with Gasteiger partial charge in [0.15, 0.2) is 0 Å². The smallest absolute Gasteiger partial charge is 0.134 e. The Morgan fingerprint density at radius 1 is 1.33 bits per heavy atom. The third kappa shape index (κ3) is 3.19. The first-order valence-electron chi connectivity index (χ1n) is 6.79. The summed E-state index contributed by atoms with van der Waals surface area (Å²) >= 11 is 0. The Morgan fingerprint density at radius 2 is 2.17 bits per heavy atom. The standard InChI is InChI=1S/C14H23N3O/c1-11-12(2)15-10-16-14(11)17(3)8-7-13-6-4-5-9-18-13/h10,13H,4-9H2,1-3H3/t13-/m1/s1. The Hall–Kier alpha value is -1.16. The summed E-state index contributed by atoms with van der Waals surface area (Å²) in [6.45, 7) is 6.03. The minimum absolute atomic E-state index is 0.435. The number of rotatable bonds is 4. The van der Waals surface area contributed by atoms with Gasteiger partial charge in [-0.1, -0.05) is 0 Å². The largest absolute Gasteiger partial charge is 0.378 e. The van der Waals surface area contributed by atoms with Crippen molar-refractivity contribution >= 4 is 5.82 Å². The lowest BCUT2D eigenvalue weighted by atomic mass is 10.1. The van der Waals surface area contributed by atoms with Gasteiger partial charge >= 0.3 is 0 Å². The van der Waals surface area contributed by atoms with Crippen LogP contribution in [0.2, 0.25) is 0 Å². The van der Waals surface area contributed by atoms with E-state index in [9.17, 15) is 0 Å². The van der Waals surface area contributed by atoms with Gasteiger partial charge in [0.2, 0.25) is 0 Å². The van der Waals surface area contributed by atoms with Crippen molar-refractivity contribution in [1.82, 2.24) is 9.97 Å². The van der Waals surface area contributed by atoms with E-state index in [0.29, 0.717) is 6.10 Å². The van der Waals surface area contributed by atoms with Crippen molar-refractivity contribution in [1.29, 1.82) is 0 Å². The summed E-state index contributed by atoms with van der Waals surface area (Å²) in [4.78, 5) is 10.8. The molecule has 0 spiro atoms. The van der Waals surface area contributed by atoms with Gasteiger partial charge in [-0.2, -0.15) is 0 Å². The second kappa shape index (κ2) is 6.14. The lowest BCUT2D eigenvalue weighted by Gasteiger charge is -2.26. The molecular formula is C14H23N3O. The van der Waals surface area contributed by atoms with E-state index in [1.807, 2.05) is 6.92 Å². The molecule has 100 valence electrons. The van der Waals surface area contributed by atoms with Crippen LogP contribution in [0.5, 0.6) is 0 Å². The van der Waals surface area contributed by atoms with E-state index in [1.54, 1.807) is 6.33 Å². The Labute approximate surface area is 109 Å². The van der Waals surface area contributed by atoms with Gasteiger partial charge in [-0.05, 0) is 39.5 Å². The number of aryl methyl sites for hydroxylation is 1. The summed E-state index contributed by atoms with van der Waals surface area (Å²) in [5.41, 5.74) is 2.23. The lowest BCUT2D eigenvalue weighted by molar-refractivity contribution is 0.0126. The number of aromatic nitrogens is 2. The lowest BCUT2D eigenvalue weighted by Crippen LogP contribution is -2.27. The fourth-order valence-corrected chi connectivity index (χ4v) is 2.39. The first kappa shape index (κ1) is 13.3. The molecule has 0 unspecified atom stereocenters. The van der Waals surface area contributed by atoms with Crippen LogP contribution in [0, 0.1) is 13.8 Å². The molecule has 0 N–H and O–H groups in total. The van der Waals surface area contributed by atoms with E-state index < -0.39 is 0 Å². The van der Waals surface area contributed by atoms with Crippen molar-refractivity contribution in [2.45, 2.75) is 45.6 Å². The Bertz CT molecular complexity index is 389. The van der Waals surface area contributed by atoms with Gasteiger partial charge in [0.1, 0.15) is 12.1 Å². The van der Waals surface area contributed by atoms with Gasteiger partial charge in [0.25, 0.3) is 0 Å². The van der Waals surface area contributed by atoms with Crippen molar-refractivity contribution in [2.75, 3.05) is 25.1 Å². The van der Waals surface area contributed by atoms with Crippen molar-refractivity contribution in [3.05, 3.63) is 17.6 Å². The predicted octanol–water partition coefficient (Wildman–Crippen LogP) is 2.49. The Morgan fingerprint density at radius 3 is 2.89 bits per heavy atom. The summed E-state index contributed by atoms with van der Waals surface area (Å²) in [6, 6.07) is 0. The second-order valence-electron chi connectivity index (χ2n) is 5.11. The molecule has 1 aliphatic heterocycles. The van der Waals surface area contributed by atoms with Crippen molar-refractivity contribution < 1.29 is 4.74 Å². The number of ether oxygens (including phenoxy) is 1. The zero-order chi connectivity index (χ0) is 13.0. The summed E-state index contributed by atoms with van der Waals surface area (Å²) in [5.74, 6) is 1.04. The molecule has 1 aromatic heterocycles. The molecule has 1 atom stereocenters. The van der Waals surface area contributed by atoms with Crippen LogP contribution in [0.3, 0.4) is 0 Å². The molecule has 4 heteroatoms. The SMILES string of the molecule is Cc1ncnc(N(C)CC[C@H]2CCCCO2)c1C. The maximum Gasteiger partial charge on any atom is 0.134 e. The maximum absolute atomic E-state index is 5.76. The van der Waals surface area contributed by atoms with E-state index in [4.69, 9.17) is 4.74 Å². The third-order valence-corrected chi connectivity index (χ3v) is 3.73. The first-order chi connectivity index (χ1) is 8.68. The van der Waals surface area contributed by atoms with Crippen molar-refractivity contribution in [3.8, 4) is 0 Å². The van der Waals surface area contributed by atoms with Crippen LogP contribution in [0.4, 0.5) is 5.82 Å². The molecule has 1 aliphatic rings. The highest BCUT2D eigenvalue weighted by atomic mass is 16.5. The van der Waals surface area contributed by atoms with Crippen LogP contribution in [0.1, 0.15) is 36.9 Å². The van der Waals surface area contributed by atoms with Crippen molar-refractivity contribution in [3.63, 3.8) is 0 Å². The topological polar surface area (TPSA) is 38.2 Å². The summed E-state index contributed by atoms with van der Waals surface area (Å²) in [5, 5.41) is 0. The molecular weight excluding hydrogens is 226 g/mol. The molecule has 4 nitrogen and oxygen atoms in total. The van der Waals surface area contributed by atoms with E-state index in [2.05, 4.69) is 28.8 Å². The monoisotopic (exact) mass is 249 g/mol. The third-order valence-electron chi connectivity index (χ3n) is 3.73. The van der Waals surface area contributed by atoms with Crippen LogP contribution < -0.4 is 4.90 Å². The molecule has 2 heterocycles. The molecule has 1 saturated heterocycles. The molecule has 2 rings (SSSR count). The van der Waals surface area contributed by atoms with Gasteiger partial charge in [-0.3, -0.25) is 0 Å². The highest BCUT2D eigenvalue weighted by Gasteiger charge is 2.15. The molecule has 0 aliphatic carbocycles. The van der Waals surface area contributed by atoms with Gasteiger partial charge in [0.05, 0.1) is 6.10 Å². The number of hydrogen-bond donors (Lipinski definition) is 0. The van der Waals surface area contributed by atoms with E-state index in [0.717, 1.165) is 31.1 Å². The average Bonchev–Trinajstić information content (AvgIpc) is 2.40. The summed E-state index contributed by atoms with van der Waals surface area (Å²) in [6.07, 6.45) is 6.89. The fourth-order valence-electron chi connectivity index (χ4n) is 2.39. The first-order valence-corrected chi connectivity index (χ1v) is 6.79. The minimum atomic E-state index is 0.435. The molecule has 18 heavy (non-hydrogen) atoms. The van der Waals surface area contributed by atoms with E-state index >= 15 is 0 Å². The van der Waals surface area contributed by atoms with Crippen LogP contribution >= 0.6 is 0 Å². The highest BCUT2D eigenvalue weighted by molar-refractivity contribution is 5.46. The number of anilines is 1. The quantitative estimate of drug-likeness (QED) is 0.821. The minimum Gasteiger partial charge on any atom is -0.378 e. The van der Waals surface area contributed by atoms with Crippen molar-refractivity contribution in [2.24, 2.45) is 0 Å².